The molecule has 4 nitrogen and oxygen atoms in total. The molecule has 0 unspecified atom stereocenters. The second kappa shape index (κ2) is 4.50. The molecule has 1 rings (SSSR count). The summed E-state index contributed by atoms with van der Waals surface area (Å²) in [5.41, 5.74) is -0.770. The van der Waals surface area contributed by atoms with Gasteiger partial charge in [-0.3, -0.25) is 0 Å². The van der Waals surface area contributed by atoms with Crippen LogP contribution in [0.15, 0.2) is 0 Å². The molecule has 1 fully saturated rings. The molecule has 1 aliphatic carbocycles. The van der Waals surface area contributed by atoms with Crippen molar-refractivity contribution in [3.63, 3.8) is 0 Å². The van der Waals surface area contributed by atoms with Crippen molar-refractivity contribution in [1.82, 2.24) is 4.31 Å². The van der Waals surface area contributed by atoms with Gasteiger partial charge in [-0.2, -0.15) is 9.57 Å². The van der Waals surface area contributed by atoms with Crippen LogP contribution in [-0.4, -0.2) is 31.1 Å². The second-order valence-corrected chi connectivity index (χ2v) is 6.25. The van der Waals surface area contributed by atoms with Crippen LogP contribution in [0.5, 0.6) is 0 Å². The lowest BCUT2D eigenvalue weighted by molar-refractivity contribution is 0.293. The van der Waals surface area contributed by atoms with E-state index in [1.807, 2.05) is 6.92 Å². The number of rotatable bonds is 4. The molecular weight excluding hydrogens is 212 g/mol. The highest BCUT2D eigenvalue weighted by Crippen LogP contribution is 2.35. The third-order valence-electron chi connectivity index (χ3n) is 3.12. The first-order valence-electron chi connectivity index (χ1n) is 5.36. The summed E-state index contributed by atoms with van der Waals surface area (Å²) in [6.45, 7) is 1.83. The average molecular weight is 230 g/mol. The monoisotopic (exact) mass is 230 g/mol. The molecule has 0 bridgehead atoms. The van der Waals surface area contributed by atoms with Crippen LogP contribution in [0, 0.1) is 11.3 Å². The predicted molar refractivity (Wildman–Crippen MR) is 58.7 cm³/mol. The van der Waals surface area contributed by atoms with E-state index in [0.29, 0.717) is 19.3 Å². The van der Waals surface area contributed by atoms with Crippen molar-refractivity contribution < 1.29 is 8.42 Å². The van der Waals surface area contributed by atoms with Gasteiger partial charge in [0.2, 0.25) is 10.0 Å². The van der Waals surface area contributed by atoms with E-state index in [4.69, 9.17) is 5.26 Å². The standard InChI is InChI=1S/C10H18N2O2S/c1-3-8-15(13,14)12(2)10(9-11)6-4-5-7-10/h3-8H2,1-2H3. The fraction of sp³-hybridized carbons (Fsp3) is 0.900. The molecule has 1 saturated carbocycles. The molecule has 0 spiro atoms. The third kappa shape index (κ3) is 2.32. The number of hydrogen-bond acceptors (Lipinski definition) is 3. The van der Waals surface area contributed by atoms with E-state index in [2.05, 4.69) is 6.07 Å². The largest absolute Gasteiger partial charge is 0.215 e. The smallest absolute Gasteiger partial charge is 0.212 e. The van der Waals surface area contributed by atoms with Gasteiger partial charge >= 0.3 is 0 Å². The first-order chi connectivity index (χ1) is 6.98. The summed E-state index contributed by atoms with van der Waals surface area (Å²) >= 11 is 0. The zero-order chi connectivity index (χ0) is 11.5. The van der Waals surface area contributed by atoms with E-state index in [0.717, 1.165) is 12.8 Å². The molecule has 5 heteroatoms. The van der Waals surface area contributed by atoms with Crippen LogP contribution in [0.4, 0.5) is 0 Å². The molecule has 0 radical (unpaired) electrons. The number of sulfonamides is 1. The highest BCUT2D eigenvalue weighted by Gasteiger charge is 2.43. The first-order valence-corrected chi connectivity index (χ1v) is 6.97. The highest BCUT2D eigenvalue weighted by molar-refractivity contribution is 7.89. The van der Waals surface area contributed by atoms with Gasteiger partial charge in [-0.1, -0.05) is 19.8 Å². The van der Waals surface area contributed by atoms with Crippen LogP contribution in [0.3, 0.4) is 0 Å². The second-order valence-electron chi connectivity index (χ2n) is 4.13. The van der Waals surface area contributed by atoms with Crippen LogP contribution >= 0.6 is 0 Å². The summed E-state index contributed by atoms with van der Waals surface area (Å²) in [4.78, 5) is 0. The van der Waals surface area contributed by atoms with E-state index in [1.54, 1.807) is 7.05 Å². The fourth-order valence-electron chi connectivity index (χ4n) is 2.12. The average Bonchev–Trinajstić information content (AvgIpc) is 2.66. The maximum atomic E-state index is 11.9. The molecule has 15 heavy (non-hydrogen) atoms. The molecule has 86 valence electrons. The van der Waals surface area contributed by atoms with E-state index >= 15 is 0 Å². The lowest BCUT2D eigenvalue weighted by atomic mass is 10.0. The highest BCUT2D eigenvalue weighted by atomic mass is 32.2. The van der Waals surface area contributed by atoms with E-state index in [-0.39, 0.29) is 5.75 Å². The van der Waals surface area contributed by atoms with Crippen LogP contribution in [0.1, 0.15) is 39.0 Å². The van der Waals surface area contributed by atoms with Crippen molar-refractivity contribution in [2.45, 2.75) is 44.6 Å². The molecule has 0 aromatic rings. The lowest BCUT2D eigenvalue weighted by Gasteiger charge is -2.31. The Balaban J connectivity index is 2.92. The summed E-state index contributed by atoms with van der Waals surface area (Å²) in [5.74, 6) is 0.132. The summed E-state index contributed by atoms with van der Waals surface area (Å²) in [5, 5.41) is 9.16. The van der Waals surface area contributed by atoms with E-state index < -0.39 is 15.6 Å². The maximum Gasteiger partial charge on any atom is 0.215 e. The molecule has 0 aromatic heterocycles. The van der Waals surface area contributed by atoms with Crippen molar-refractivity contribution in [3.05, 3.63) is 0 Å². The minimum Gasteiger partial charge on any atom is -0.212 e. The SMILES string of the molecule is CCCS(=O)(=O)N(C)C1(C#N)CCCC1. The fourth-order valence-corrected chi connectivity index (χ4v) is 3.66. The van der Waals surface area contributed by atoms with Gasteiger partial charge < -0.3 is 0 Å². The number of nitrogens with zero attached hydrogens (tertiary/aromatic N) is 2. The van der Waals surface area contributed by atoms with Gasteiger partial charge in [0.05, 0.1) is 11.8 Å². The van der Waals surface area contributed by atoms with Crippen molar-refractivity contribution in [2.75, 3.05) is 12.8 Å². The summed E-state index contributed by atoms with van der Waals surface area (Å²) < 4.78 is 25.0. The van der Waals surface area contributed by atoms with Crippen LogP contribution in [0.25, 0.3) is 0 Å². The predicted octanol–water partition coefficient (Wildman–Crippen LogP) is 1.49. The van der Waals surface area contributed by atoms with Gasteiger partial charge in [0.15, 0.2) is 0 Å². The van der Waals surface area contributed by atoms with Crippen molar-refractivity contribution >= 4 is 10.0 Å². The number of hydrogen-bond donors (Lipinski definition) is 0. The Bertz CT molecular complexity index is 350. The van der Waals surface area contributed by atoms with Gasteiger partial charge in [-0.25, -0.2) is 8.42 Å². The molecule has 1 aliphatic rings. The molecular formula is C10H18N2O2S. The Labute approximate surface area is 91.9 Å². The lowest BCUT2D eigenvalue weighted by Crippen LogP contribution is -2.47. The molecule has 0 atom stereocenters. The van der Waals surface area contributed by atoms with Gasteiger partial charge in [0.25, 0.3) is 0 Å². The minimum atomic E-state index is -3.25. The Morgan fingerprint density at radius 2 is 1.93 bits per heavy atom. The van der Waals surface area contributed by atoms with Gasteiger partial charge in [-0.05, 0) is 19.3 Å². The molecule has 0 N–H and O–H groups in total. The zero-order valence-electron chi connectivity index (χ0n) is 9.36. The maximum absolute atomic E-state index is 11.9. The van der Waals surface area contributed by atoms with Gasteiger partial charge in [-0.15, -0.1) is 0 Å². The van der Waals surface area contributed by atoms with E-state index in [9.17, 15) is 8.42 Å². The Hall–Kier alpha value is -0.600. The van der Waals surface area contributed by atoms with Gasteiger partial charge in [0, 0.05) is 7.05 Å². The minimum absolute atomic E-state index is 0.132. The van der Waals surface area contributed by atoms with Gasteiger partial charge in [0.1, 0.15) is 5.54 Å². The molecule has 0 saturated heterocycles. The quantitative estimate of drug-likeness (QED) is 0.735. The molecule has 0 aromatic carbocycles. The molecule has 0 aliphatic heterocycles. The summed E-state index contributed by atoms with van der Waals surface area (Å²) in [7, 11) is -1.71. The first kappa shape index (κ1) is 12.5. The summed E-state index contributed by atoms with van der Waals surface area (Å²) in [6, 6.07) is 2.19. The third-order valence-corrected chi connectivity index (χ3v) is 5.23. The van der Waals surface area contributed by atoms with Crippen molar-refractivity contribution in [1.29, 1.82) is 5.26 Å². The topological polar surface area (TPSA) is 61.2 Å². The van der Waals surface area contributed by atoms with Crippen molar-refractivity contribution in [2.24, 2.45) is 0 Å². The Morgan fingerprint density at radius 1 is 1.40 bits per heavy atom. The summed E-state index contributed by atoms with van der Waals surface area (Å²) in [6.07, 6.45) is 3.82. The molecule has 0 heterocycles. The zero-order valence-corrected chi connectivity index (χ0v) is 10.2. The Morgan fingerprint density at radius 3 is 2.33 bits per heavy atom. The number of nitriles is 1. The molecule has 0 amide bonds. The van der Waals surface area contributed by atoms with Crippen LogP contribution < -0.4 is 0 Å². The van der Waals surface area contributed by atoms with Crippen LogP contribution in [0.2, 0.25) is 0 Å². The van der Waals surface area contributed by atoms with Crippen LogP contribution in [-0.2, 0) is 10.0 Å². The Kier molecular flexibility index (Phi) is 3.74. The van der Waals surface area contributed by atoms with E-state index in [1.165, 1.54) is 4.31 Å². The normalized spacial score (nSPS) is 20.4. The van der Waals surface area contributed by atoms with Crippen molar-refractivity contribution in [3.8, 4) is 6.07 Å².